The number of nitrogens with zero attached hydrogens (tertiary/aromatic N) is 2. The van der Waals surface area contributed by atoms with Crippen LogP contribution in [0.25, 0.3) is 0 Å². The van der Waals surface area contributed by atoms with Gasteiger partial charge in [-0.25, -0.2) is 8.42 Å². The number of sulfonamides is 1. The highest BCUT2D eigenvalue weighted by Gasteiger charge is 2.33. The second kappa shape index (κ2) is 7.14. The van der Waals surface area contributed by atoms with E-state index in [0.717, 1.165) is 12.8 Å². The van der Waals surface area contributed by atoms with E-state index < -0.39 is 20.9 Å². The molecule has 1 aromatic heterocycles. The van der Waals surface area contributed by atoms with Crippen molar-refractivity contribution in [2.45, 2.75) is 37.5 Å². The molecule has 0 atom stereocenters. The van der Waals surface area contributed by atoms with Crippen LogP contribution in [0.3, 0.4) is 0 Å². The van der Waals surface area contributed by atoms with Crippen LogP contribution in [0.2, 0.25) is 0 Å². The normalized spacial score (nSPS) is 15.7. The van der Waals surface area contributed by atoms with E-state index in [1.54, 1.807) is 4.90 Å². The Kier molecular flexibility index (Phi) is 4.77. The average Bonchev–Trinajstić information content (AvgIpc) is 3.07. The van der Waals surface area contributed by atoms with Gasteiger partial charge in [0.05, 0.1) is 0 Å². The molecule has 0 radical (unpaired) electrons. The van der Waals surface area contributed by atoms with Crippen LogP contribution in [0.1, 0.15) is 35.8 Å². The number of benzene rings is 1. The van der Waals surface area contributed by atoms with E-state index in [9.17, 15) is 18.0 Å². The number of aromatic nitrogens is 1. The maximum Gasteiger partial charge on any atom is 0.267 e. The number of piperidine rings is 1. The summed E-state index contributed by atoms with van der Waals surface area (Å²) in [6, 6.07) is 10.1. The lowest BCUT2D eigenvalue weighted by atomic mass is 9.89. The molecular weight excluding hydrogens is 394 g/mol. The summed E-state index contributed by atoms with van der Waals surface area (Å²) in [7, 11) is -4.08. The molecule has 0 bridgehead atoms. The zero-order chi connectivity index (χ0) is 20.8. The van der Waals surface area contributed by atoms with E-state index in [4.69, 9.17) is 4.52 Å². The maximum absolute atomic E-state index is 12.7. The van der Waals surface area contributed by atoms with E-state index in [2.05, 4.69) is 22.0 Å². The molecule has 3 aromatic rings. The second-order valence-electron chi connectivity index (χ2n) is 7.31. The molecule has 0 spiro atoms. The number of rotatable bonds is 5. The lowest BCUT2D eigenvalue weighted by Gasteiger charge is -2.35. The fraction of sp³-hybridized carbons (Fsp3) is 0.350. The van der Waals surface area contributed by atoms with Crippen molar-refractivity contribution in [2.75, 3.05) is 22.7 Å². The van der Waals surface area contributed by atoms with Gasteiger partial charge in [0.2, 0.25) is 0 Å². The molecular formula is C20H21N3O5S. The summed E-state index contributed by atoms with van der Waals surface area (Å²) in [5.74, 6) is 0.500. The lowest BCUT2D eigenvalue weighted by molar-refractivity contribution is 0.390. The highest BCUT2D eigenvalue weighted by molar-refractivity contribution is 7.92. The fourth-order valence-corrected chi connectivity index (χ4v) is 5.38. The number of anilines is 2. The van der Waals surface area contributed by atoms with Crippen LogP contribution in [-0.2, 0) is 10.0 Å². The maximum atomic E-state index is 12.7. The van der Waals surface area contributed by atoms with Crippen molar-refractivity contribution in [3.05, 3.63) is 67.8 Å². The Morgan fingerprint density at radius 1 is 1.07 bits per heavy atom. The van der Waals surface area contributed by atoms with Crippen LogP contribution in [0.4, 0.5) is 11.4 Å². The minimum atomic E-state index is -4.08. The van der Waals surface area contributed by atoms with Crippen LogP contribution >= 0.6 is 0 Å². The monoisotopic (exact) mass is 415 g/mol. The molecule has 0 amide bonds. The van der Waals surface area contributed by atoms with Gasteiger partial charge in [0.1, 0.15) is 17.1 Å². The van der Waals surface area contributed by atoms with Gasteiger partial charge in [0, 0.05) is 13.1 Å². The molecule has 1 aliphatic heterocycles. The molecule has 2 aromatic carbocycles. The van der Waals surface area contributed by atoms with Crippen LogP contribution in [0.5, 0.6) is 0 Å². The highest BCUT2D eigenvalue weighted by atomic mass is 32.2. The van der Waals surface area contributed by atoms with Crippen molar-refractivity contribution >= 4 is 21.4 Å². The Morgan fingerprint density at radius 3 is 2.31 bits per heavy atom. The molecule has 0 aliphatic carbocycles. The molecule has 4 rings (SSSR count). The van der Waals surface area contributed by atoms with Crippen molar-refractivity contribution in [3.8, 4) is 0 Å². The highest BCUT2D eigenvalue weighted by Crippen LogP contribution is 2.32. The number of aryl methyl sites for hydroxylation is 2. The van der Waals surface area contributed by atoms with Crippen LogP contribution in [0, 0.1) is 13.8 Å². The summed E-state index contributed by atoms with van der Waals surface area (Å²) >= 11 is 0. The third kappa shape index (κ3) is 3.35. The van der Waals surface area contributed by atoms with Crippen molar-refractivity contribution in [2.24, 2.45) is 0 Å². The first kappa shape index (κ1) is 19.4. The molecule has 1 aliphatic rings. The molecule has 1 fully saturated rings. The standard InChI is InChI=1S/C20H21N3O5S/c1-12-20(13(2)28-21-12)29(26,27)22-16-17(19(25)18(16)24)23-10-8-15(9-11-23)14-6-4-3-5-7-14/h3-7,15,22H,8-11H2,1-2H3. The largest absolute Gasteiger partial charge is 0.366 e. The van der Waals surface area contributed by atoms with E-state index >= 15 is 0 Å². The Hall–Kier alpha value is -2.94. The minimum Gasteiger partial charge on any atom is -0.366 e. The van der Waals surface area contributed by atoms with E-state index in [0.29, 0.717) is 19.0 Å². The lowest BCUT2D eigenvalue weighted by Crippen LogP contribution is -2.46. The SMILES string of the molecule is Cc1noc(C)c1S(=O)(=O)Nc1c(N2CCC(c3ccccc3)CC2)c(=O)c1=O. The summed E-state index contributed by atoms with van der Waals surface area (Å²) in [6.45, 7) is 4.13. The zero-order valence-electron chi connectivity index (χ0n) is 16.1. The van der Waals surface area contributed by atoms with Crippen LogP contribution in [0.15, 0.2) is 49.3 Å². The number of hydrogen-bond donors (Lipinski definition) is 1. The average molecular weight is 415 g/mol. The van der Waals surface area contributed by atoms with Crippen molar-refractivity contribution < 1.29 is 12.9 Å². The van der Waals surface area contributed by atoms with Gasteiger partial charge in [0.15, 0.2) is 10.7 Å². The summed E-state index contributed by atoms with van der Waals surface area (Å²) < 4.78 is 32.7. The summed E-state index contributed by atoms with van der Waals surface area (Å²) in [5, 5.41) is 3.64. The zero-order valence-corrected chi connectivity index (χ0v) is 17.0. The van der Waals surface area contributed by atoms with Gasteiger partial charge in [-0.05, 0) is 38.2 Å². The second-order valence-corrected chi connectivity index (χ2v) is 8.93. The molecule has 8 nitrogen and oxygen atoms in total. The van der Waals surface area contributed by atoms with Gasteiger partial charge >= 0.3 is 0 Å². The van der Waals surface area contributed by atoms with Gasteiger partial charge in [-0.3, -0.25) is 14.3 Å². The molecule has 0 unspecified atom stereocenters. The van der Waals surface area contributed by atoms with Gasteiger partial charge in [-0.15, -0.1) is 0 Å². The number of nitrogens with one attached hydrogen (secondary N) is 1. The summed E-state index contributed by atoms with van der Waals surface area (Å²) in [6.07, 6.45) is 1.64. The predicted octanol–water partition coefficient (Wildman–Crippen LogP) is 2.07. The molecule has 2 heterocycles. The van der Waals surface area contributed by atoms with Crippen LogP contribution < -0.4 is 20.5 Å². The van der Waals surface area contributed by atoms with Crippen LogP contribution in [-0.4, -0.2) is 26.7 Å². The molecule has 1 saturated heterocycles. The smallest absolute Gasteiger partial charge is 0.267 e. The Morgan fingerprint density at radius 2 is 1.72 bits per heavy atom. The van der Waals surface area contributed by atoms with E-state index in [1.807, 2.05) is 18.2 Å². The Labute approximate surface area is 167 Å². The molecule has 0 saturated carbocycles. The van der Waals surface area contributed by atoms with Gasteiger partial charge < -0.3 is 9.42 Å². The van der Waals surface area contributed by atoms with Gasteiger partial charge in [0.25, 0.3) is 20.9 Å². The first-order valence-electron chi connectivity index (χ1n) is 9.38. The first-order chi connectivity index (χ1) is 13.8. The Balaban J connectivity index is 1.55. The quantitative estimate of drug-likeness (QED) is 0.635. The van der Waals surface area contributed by atoms with Gasteiger partial charge in [-0.1, -0.05) is 35.5 Å². The van der Waals surface area contributed by atoms with Gasteiger partial charge in [-0.2, -0.15) is 0 Å². The third-order valence-corrected chi connectivity index (χ3v) is 7.03. The Bertz CT molecular complexity index is 1200. The third-order valence-electron chi connectivity index (χ3n) is 5.44. The predicted molar refractivity (Wildman–Crippen MR) is 109 cm³/mol. The van der Waals surface area contributed by atoms with Crippen molar-refractivity contribution in [1.29, 1.82) is 0 Å². The summed E-state index contributed by atoms with van der Waals surface area (Å²) in [5.41, 5.74) is -0.0550. The first-order valence-corrected chi connectivity index (χ1v) is 10.9. The fourth-order valence-electron chi connectivity index (χ4n) is 3.98. The minimum absolute atomic E-state index is 0.112. The summed E-state index contributed by atoms with van der Waals surface area (Å²) in [4.78, 5) is 26.0. The van der Waals surface area contributed by atoms with E-state index in [1.165, 1.54) is 19.4 Å². The molecule has 9 heteroatoms. The molecule has 29 heavy (non-hydrogen) atoms. The number of hydrogen-bond acceptors (Lipinski definition) is 7. The van der Waals surface area contributed by atoms with Crippen molar-refractivity contribution in [1.82, 2.24) is 5.16 Å². The van der Waals surface area contributed by atoms with E-state index in [-0.39, 0.29) is 27.7 Å². The molecule has 1 N–H and O–H groups in total. The molecule has 152 valence electrons. The van der Waals surface area contributed by atoms with Crippen molar-refractivity contribution in [3.63, 3.8) is 0 Å². The topological polar surface area (TPSA) is 110 Å².